The first-order valence-corrected chi connectivity index (χ1v) is 4.84. The van der Waals surface area contributed by atoms with E-state index in [2.05, 4.69) is 16.8 Å². The molecular formula is C10H15N3O. The van der Waals surface area contributed by atoms with Gasteiger partial charge in [0.15, 0.2) is 0 Å². The van der Waals surface area contributed by atoms with Gasteiger partial charge in [-0.15, -0.1) is 0 Å². The van der Waals surface area contributed by atoms with Crippen molar-refractivity contribution < 1.29 is 4.74 Å². The molecule has 1 aliphatic rings. The van der Waals surface area contributed by atoms with Crippen LogP contribution in [-0.4, -0.2) is 30.8 Å². The van der Waals surface area contributed by atoms with E-state index >= 15 is 0 Å². The van der Waals surface area contributed by atoms with Crippen molar-refractivity contribution in [2.75, 3.05) is 30.3 Å². The fourth-order valence-electron chi connectivity index (χ4n) is 1.61. The number of ether oxygens (including phenoxy) is 1. The number of pyridine rings is 1. The molecule has 14 heavy (non-hydrogen) atoms. The fourth-order valence-corrected chi connectivity index (χ4v) is 1.61. The molecule has 2 heterocycles. The zero-order chi connectivity index (χ0) is 9.97. The monoisotopic (exact) mass is 193 g/mol. The van der Waals surface area contributed by atoms with Gasteiger partial charge in [-0.3, -0.25) is 0 Å². The summed E-state index contributed by atoms with van der Waals surface area (Å²) in [6.45, 7) is 4.65. The molecular weight excluding hydrogens is 178 g/mol. The van der Waals surface area contributed by atoms with Crippen molar-refractivity contribution in [1.82, 2.24) is 4.98 Å². The van der Waals surface area contributed by atoms with Gasteiger partial charge in [0.25, 0.3) is 0 Å². The van der Waals surface area contributed by atoms with Gasteiger partial charge in [-0.1, -0.05) is 0 Å². The third-order valence-electron chi connectivity index (χ3n) is 2.34. The van der Waals surface area contributed by atoms with E-state index in [0.29, 0.717) is 5.69 Å². The topological polar surface area (TPSA) is 51.4 Å². The molecule has 0 saturated carbocycles. The van der Waals surface area contributed by atoms with Crippen LogP contribution < -0.4 is 10.6 Å². The third kappa shape index (κ3) is 1.96. The number of rotatable bonds is 1. The lowest BCUT2D eigenvalue weighted by Gasteiger charge is -2.31. The molecule has 1 saturated heterocycles. The predicted molar refractivity (Wildman–Crippen MR) is 56.3 cm³/mol. The van der Waals surface area contributed by atoms with Gasteiger partial charge in [0.05, 0.1) is 24.6 Å². The van der Waals surface area contributed by atoms with Crippen molar-refractivity contribution in [2.45, 2.75) is 13.0 Å². The van der Waals surface area contributed by atoms with Crippen LogP contribution in [0.2, 0.25) is 0 Å². The molecule has 0 spiro atoms. The van der Waals surface area contributed by atoms with Crippen LogP contribution in [0.4, 0.5) is 11.5 Å². The van der Waals surface area contributed by atoms with Gasteiger partial charge in [0.2, 0.25) is 0 Å². The van der Waals surface area contributed by atoms with Crippen molar-refractivity contribution in [3.05, 3.63) is 18.3 Å². The molecule has 1 atom stereocenters. The minimum atomic E-state index is 0.281. The van der Waals surface area contributed by atoms with Crippen LogP contribution in [0, 0.1) is 0 Å². The summed E-state index contributed by atoms with van der Waals surface area (Å²) in [6.07, 6.45) is 1.97. The van der Waals surface area contributed by atoms with Crippen LogP contribution in [-0.2, 0) is 4.74 Å². The molecule has 2 rings (SSSR count). The second kappa shape index (κ2) is 3.84. The zero-order valence-electron chi connectivity index (χ0n) is 8.31. The standard InChI is InChI=1S/C10H15N3O/c1-8-7-13(4-5-14-8)10-3-2-9(11)6-12-10/h2-3,6,8H,4-5,7,11H2,1H3. The highest BCUT2D eigenvalue weighted by atomic mass is 16.5. The number of nitrogens with two attached hydrogens (primary N) is 1. The SMILES string of the molecule is CC1CN(c2ccc(N)cn2)CCO1. The fraction of sp³-hybridized carbons (Fsp3) is 0.500. The molecule has 0 radical (unpaired) electrons. The summed E-state index contributed by atoms with van der Waals surface area (Å²) in [4.78, 5) is 6.50. The summed E-state index contributed by atoms with van der Waals surface area (Å²) in [5.41, 5.74) is 6.28. The minimum absolute atomic E-state index is 0.281. The molecule has 0 amide bonds. The van der Waals surface area contributed by atoms with Gasteiger partial charge < -0.3 is 15.4 Å². The van der Waals surface area contributed by atoms with E-state index in [-0.39, 0.29) is 6.10 Å². The first-order chi connectivity index (χ1) is 6.75. The summed E-state index contributed by atoms with van der Waals surface area (Å²) in [7, 11) is 0. The van der Waals surface area contributed by atoms with E-state index in [4.69, 9.17) is 10.5 Å². The zero-order valence-corrected chi connectivity index (χ0v) is 8.31. The average molecular weight is 193 g/mol. The highest BCUT2D eigenvalue weighted by molar-refractivity contribution is 5.46. The van der Waals surface area contributed by atoms with Crippen LogP contribution in [0.5, 0.6) is 0 Å². The molecule has 0 aromatic carbocycles. The predicted octanol–water partition coefficient (Wildman–Crippen LogP) is 0.889. The van der Waals surface area contributed by atoms with E-state index < -0.39 is 0 Å². The molecule has 4 heteroatoms. The van der Waals surface area contributed by atoms with Crippen molar-refractivity contribution in [2.24, 2.45) is 0 Å². The highest BCUT2D eigenvalue weighted by Gasteiger charge is 2.17. The van der Waals surface area contributed by atoms with E-state index in [1.807, 2.05) is 12.1 Å². The molecule has 76 valence electrons. The first-order valence-electron chi connectivity index (χ1n) is 4.84. The number of nitrogen functional groups attached to an aromatic ring is 1. The molecule has 1 aromatic rings. The number of hydrogen-bond acceptors (Lipinski definition) is 4. The Labute approximate surface area is 83.7 Å². The molecule has 1 aromatic heterocycles. The normalized spacial score (nSPS) is 22.4. The van der Waals surface area contributed by atoms with Crippen LogP contribution in [0.3, 0.4) is 0 Å². The van der Waals surface area contributed by atoms with E-state index in [1.54, 1.807) is 6.20 Å². The highest BCUT2D eigenvalue weighted by Crippen LogP contribution is 2.15. The van der Waals surface area contributed by atoms with Crippen LogP contribution >= 0.6 is 0 Å². The molecule has 0 bridgehead atoms. The Balaban J connectivity index is 2.10. The Bertz CT molecular complexity index is 299. The summed E-state index contributed by atoms with van der Waals surface area (Å²) in [5.74, 6) is 0.981. The molecule has 1 fully saturated rings. The summed E-state index contributed by atoms with van der Waals surface area (Å²) in [6, 6.07) is 3.83. The lowest BCUT2D eigenvalue weighted by molar-refractivity contribution is 0.0529. The third-order valence-corrected chi connectivity index (χ3v) is 2.34. The van der Waals surface area contributed by atoms with Gasteiger partial charge >= 0.3 is 0 Å². The van der Waals surface area contributed by atoms with Gasteiger partial charge in [-0.05, 0) is 19.1 Å². The number of anilines is 2. The molecule has 0 aliphatic carbocycles. The first kappa shape index (κ1) is 9.27. The van der Waals surface area contributed by atoms with E-state index in [0.717, 1.165) is 25.5 Å². The molecule has 4 nitrogen and oxygen atoms in total. The van der Waals surface area contributed by atoms with Crippen molar-refractivity contribution >= 4 is 11.5 Å². The second-order valence-electron chi connectivity index (χ2n) is 3.58. The average Bonchev–Trinajstić information content (AvgIpc) is 2.19. The lowest BCUT2D eigenvalue weighted by atomic mass is 10.3. The minimum Gasteiger partial charge on any atom is -0.397 e. The summed E-state index contributed by atoms with van der Waals surface area (Å²) in [5, 5.41) is 0. The molecule has 1 unspecified atom stereocenters. The maximum Gasteiger partial charge on any atom is 0.128 e. The summed E-state index contributed by atoms with van der Waals surface area (Å²) >= 11 is 0. The molecule has 1 aliphatic heterocycles. The number of hydrogen-bond donors (Lipinski definition) is 1. The number of nitrogens with zero attached hydrogens (tertiary/aromatic N) is 2. The van der Waals surface area contributed by atoms with Crippen LogP contribution in [0.25, 0.3) is 0 Å². The van der Waals surface area contributed by atoms with Gasteiger partial charge in [0, 0.05) is 13.1 Å². The molecule has 2 N–H and O–H groups in total. The smallest absolute Gasteiger partial charge is 0.128 e. The summed E-state index contributed by atoms with van der Waals surface area (Å²) < 4.78 is 5.46. The van der Waals surface area contributed by atoms with Crippen LogP contribution in [0.15, 0.2) is 18.3 Å². The maximum absolute atomic E-state index is 5.58. The number of morpholine rings is 1. The van der Waals surface area contributed by atoms with Crippen molar-refractivity contribution in [1.29, 1.82) is 0 Å². The largest absolute Gasteiger partial charge is 0.397 e. The Morgan fingerprint density at radius 1 is 1.57 bits per heavy atom. The Kier molecular flexibility index (Phi) is 2.54. The van der Waals surface area contributed by atoms with Crippen LogP contribution in [0.1, 0.15) is 6.92 Å². The maximum atomic E-state index is 5.58. The Morgan fingerprint density at radius 2 is 2.43 bits per heavy atom. The van der Waals surface area contributed by atoms with Crippen molar-refractivity contribution in [3.8, 4) is 0 Å². The Morgan fingerprint density at radius 3 is 3.07 bits per heavy atom. The van der Waals surface area contributed by atoms with Gasteiger partial charge in [-0.25, -0.2) is 4.98 Å². The van der Waals surface area contributed by atoms with E-state index in [1.165, 1.54) is 0 Å². The van der Waals surface area contributed by atoms with E-state index in [9.17, 15) is 0 Å². The number of aromatic nitrogens is 1. The lowest BCUT2D eigenvalue weighted by Crippen LogP contribution is -2.41. The quantitative estimate of drug-likeness (QED) is 0.719. The van der Waals surface area contributed by atoms with Gasteiger partial charge in [-0.2, -0.15) is 0 Å². The Hall–Kier alpha value is -1.29. The van der Waals surface area contributed by atoms with Gasteiger partial charge in [0.1, 0.15) is 5.82 Å². The van der Waals surface area contributed by atoms with Crippen molar-refractivity contribution in [3.63, 3.8) is 0 Å². The second-order valence-corrected chi connectivity index (χ2v) is 3.58.